The molecule has 0 fully saturated rings. The molecule has 2 amide bonds. The maximum atomic E-state index is 13.0. The number of carbonyl (C=O) groups excluding carboxylic acids is 2. The largest absolute Gasteiger partial charge is 0.495 e. The van der Waals surface area contributed by atoms with Crippen molar-refractivity contribution in [3.05, 3.63) is 53.8 Å². The minimum atomic E-state index is -0.896. The SMILES string of the molecule is COc1ccc(C)cc1NC(=O)[C@@H]1CC(=O)NC(Nc2ccc(F)cc2)=N1. The first-order valence-electron chi connectivity index (χ1n) is 8.30. The number of carbonyl (C=O) groups is 2. The van der Waals surface area contributed by atoms with Crippen molar-refractivity contribution in [3.8, 4) is 5.75 Å². The summed E-state index contributed by atoms with van der Waals surface area (Å²) in [6.45, 7) is 1.89. The molecular formula is C19H19FN4O3. The molecule has 0 bridgehead atoms. The zero-order chi connectivity index (χ0) is 19.4. The van der Waals surface area contributed by atoms with Crippen molar-refractivity contribution in [2.45, 2.75) is 19.4 Å². The molecule has 0 saturated heterocycles. The number of benzene rings is 2. The number of guanidine groups is 1. The second-order valence-corrected chi connectivity index (χ2v) is 6.07. The van der Waals surface area contributed by atoms with Gasteiger partial charge in [-0.1, -0.05) is 6.07 Å². The van der Waals surface area contributed by atoms with Gasteiger partial charge in [0.05, 0.1) is 19.2 Å². The second-order valence-electron chi connectivity index (χ2n) is 6.07. The first kappa shape index (κ1) is 18.4. The second kappa shape index (κ2) is 7.86. The predicted molar refractivity (Wildman–Crippen MR) is 100 cm³/mol. The van der Waals surface area contributed by atoms with Gasteiger partial charge in [0, 0.05) is 5.69 Å². The van der Waals surface area contributed by atoms with Crippen LogP contribution in [0.15, 0.2) is 47.5 Å². The Morgan fingerprint density at radius 3 is 2.70 bits per heavy atom. The maximum Gasteiger partial charge on any atom is 0.249 e. The molecule has 0 radical (unpaired) electrons. The minimum Gasteiger partial charge on any atom is -0.495 e. The number of aliphatic imine (C=N–C) groups is 1. The number of methoxy groups -OCH3 is 1. The van der Waals surface area contributed by atoms with Crippen LogP contribution in [0.2, 0.25) is 0 Å². The molecule has 8 heteroatoms. The topological polar surface area (TPSA) is 91.8 Å². The van der Waals surface area contributed by atoms with Crippen molar-refractivity contribution < 1.29 is 18.7 Å². The molecule has 1 atom stereocenters. The summed E-state index contributed by atoms with van der Waals surface area (Å²) in [4.78, 5) is 28.8. The number of hydrogen-bond donors (Lipinski definition) is 3. The number of halogens is 1. The molecule has 1 aliphatic rings. The van der Waals surface area contributed by atoms with Crippen LogP contribution in [0.1, 0.15) is 12.0 Å². The first-order chi connectivity index (χ1) is 12.9. The lowest BCUT2D eigenvalue weighted by Gasteiger charge is -2.21. The van der Waals surface area contributed by atoms with Crippen molar-refractivity contribution in [2.75, 3.05) is 17.7 Å². The summed E-state index contributed by atoms with van der Waals surface area (Å²) in [5.41, 5.74) is 2.00. The zero-order valence-corrected chi connectivity index (χ0v) is 14.9. The Hall–Kier alpha value is -3.42. The number of anilines is 2. The number of nitrogens with one attached hydrogen (secondary N) is 3. The van der Waals surface area contributed by atoms with Gasteiger partial charge in [0.25, 0.3) is 0 Å². The Labute approximate surface area is 155 Å². The van der Waals surface area contributed by atoms with E-state index in [4.69, 9.17) is 4.74 Å². The summed E-state index contributed by atoms with van der Waals surface area (Å²) in [5.74, 6) is -0.491. The molecule has 27 heavy (non-hydrogen) atoms. The molecule has 140 valence electrons. The molecule has 0 saturated carbocycles. The van der Waals surface area contributed by atoms with Crippen LogP contribution in [0.4, 0.5) is 15.8 Å². The first-order valence-corrected chi connectivity index (χ1v) is 8.30. The van der Waals surface area contributed by atoms with E-state index in [-0.39, 0.29) is 24.1 Å². The van der Waals surface area contributed by atoms with Gasteiger partial charge < -0.3 is 15.4 Å². The number of amides is 2. The van der Waals surface area contributed by atoms with E-state index in [1.54, 1.807) is 12.1 Å². The monoisotopic (exact) mass is 370 g/mol. The van der Waals surface area contributed by atoms with E-state index in [0.29, 0.717) is 17.1 Å². The smallest absolute Gasteiger partial charge is 0.249 e. The van der Waals surface area contributed by atoms with Crippen LogP contribution in [0, 0.1) is 12.7 Å². The van der Waals surface area contributed by atoms with E-state index in [1.807, 2.05) is 13.0 Å². The molecule has 0 spiro atoms. The van der Waals surface area contributed by atoms with Crippen LogP contribution < -0.4 is 20.7 Å². The lowest BCUT2D eigenvalue weighted by atomic mass is 10.1. The molecule has 1 heterocycles. The minimum absolute atomic E-state index is 0.0748. The van der Waals surface area contributed by atoms with E-state index < -0.39 is 11.9 Å². The number of ether oxygens (including phenoxy) is 1. The molecule has 7 nitrogen and oxygen atoms in total. The third kappa shape index (κ3) is 4.60. The highest BCUT2D eigenvalue weighted by atomic mass is 19.1. The van der Waals surface area contributed by atoms with Crippen LogP contribution in [0.25, 0.3) is 0 Å². The Morgan fingerprint density at radius 1 is 1.26 bits per heavy atom. The van der Waals surface area contributed by atoms with Gasteiger partial charge in [0.1, 0.15) is 17.6 Å². The normalized spacial score (nSPS) is 16.2. The number of rotatable bonds is 4. The van der Waals surface area contributed by atoms with Gasteiger partial charge in [-0.15, -0.1) is 0 Å². The van der Waals surface area contributed by atoms with Gasteiger partial charge >= 0.3 is 0 Å². The van der Waals surface area contributed by atoms with Gasteiger partial charge in [0.15, 0.2) is 0 Å². The highest BCUT2D eigenvalue weighted by Gasteiger charge is 2.27. The van der Waals surface area contributed by atoms with Crippen LogP contribution in [0.3, 0.4) is 0 Å². The number of aryl methyl sites for hydroxylation is 1. The summed E-state index contributed by atoms with van der Waals surface area (Å²) < 4.78 is 18.2. The summed E-state index contributed by atoms with van der Waals surface area (Å²) >= 11 is 0. The van der Waals surface area contributed by atoms with E-state index in [9.17, 15) is 14.0 Å². The Morgan fingerprint density at radius 2 is 2.00 bits per heavy atom. The zero-order valence-electron chi connectivity index (χ0n) is 14.9. The van der Waals surface area contributed by atoms with Crippen molar-refractivity contribution >= 4 is 29.1 Å². The number of nitrogens with zero attached hydrogens (tertiary/aromatic N) is 1. The van der Waals surface area contributed by atoms with Crippen LogP contribution >= 0.6 is 0 Å². The van der Waals surface area contributed by atoms with E-state index in [2.05, 4.69) is 20.9 Å². The van der Waals surface area contributed by atoms with Crippen LogP contribution in [0.5, 0.6) is 5.75 Å². The quantitative estimate of drug-likeness (QED) is 0.771. The van der Waals surface area contributed by atoms with Crippen molar-refractivity contribution in [3.63, 3.8) is 0 Å². The summed E-state index contributed by atoms with van der Waals surface area (Å²) in [6.07, 6.45) is -0.0748. The molecule has 2 aromatic carbocycles. The van der Waals surface area contributed by atoms with Crippen molar-refractivity contribution in [2.24, 2.45) is 4.99 Å². The summed E-state index contributed by atoms with van der Waals surface area (Å²) in [6, 6.07) is 10.1. The van der Waals surface area contributed by atoms with Gasteiger partial charge in [-0.3, -0.25) is 14.9 Å². The molecule has 0 aliphatic carbocycles. The van der Waals surface area contributed by atoms with E-state index >= 15 is 0 Å². The fraction of sp³-hybridized carbons (Fsp3) is 0.211. The Kier molecular flexibility index (Phi) is 5.35. The van der Waals surface area contributed by atoms with Crippen LogP contribution in [-0.4, -0.2) is 30.9 Å². The van der Waals surface area contributed by atoms with Gasteiger partial charge in [-0.05, 0) is 48.9 Å². The molecule has 0 unspecified atom stereocenters. The average Bonchev–Trinajstić information content (AvgIpc) is 2.63. The standard InChI is InChI=1S/C19H19FN4O3/c1-11-3-8-16(27-2)14(9-11)22-18(26)15-10-17(25)24-19(23-15)21-13-6-4-12(20)5-7-13/h3-9,15H,10H2,1-2H3,(H,22,26)(H2,21,23,24,25)/t15-/m0/s1. The molecule has 3 rings (SSSR count). The third-order valence-electron chi connectivity index (χ3n) is 3.94. The molecule has 3 N–H and O–H groups in total. The van der Waals surface area contributed by atoms with Gasteiger partial charge in [0.2, 0.25) is 17.8 Å². The van der Waals surface area contributed by atoms with E-state index in [0.717, 1.165) is 5.56 Å². The molecule has 0 aromatic heterocycles. The molecule has 1 aliphatic heterocycles. The summed E-state index contributed by atoms with van der Waals surface area (Å²) in [5, 5.41) is 8.18. The van der Waals surface area contributed by atoms with Gasteiger partial charge in [-0.25, -0.2) is 9.38 Å². The fourth-order valence-corrected chi connectivity index (χ4v) is 2.61. The predicted octanol–water partition coefficient (Wildman–Crippen LogP) is 2.44. The highest BCUT2D eigenvalue weighted by Crippen LogP contribution is 2.25. The van der Waals surface area contributed by atoms with Crippen molar-refractivity contribution in [1.29, 1.82) is 0 Å². The number of hydrogen-bond acceptors (Lipinski definition) is 5. The maximum absolute atomic E-state index is 13.0. The van der Waals surface area contributed by atoms with Crippen molar-refractivity contribution in [1.82, 2.24) is 5.32 Å². The average molecular weight is 370 g/mol. The molecule has 2 aromatic rings. The lowest BCUT2D eigenvalue weighted by molar-refractivity contribution is -0.124. The Bertz CT molecular complexity index is 896. The lowest BCUT2D eigenvalue weighted by Crippen LogP contribution is -2.45. The van der Waals surface area contributed by atoms with E-state index in [1.165, 1.54) is 31.4 Å². The fourth-order valence-electron chi connectivity index (χ4n) is 2.61. The van der Waals surface area contributed by atoms with Gasteiger partial charge in [-0.2, -0.15) is 0 Å². The Balaban J connectivity index is 1.76. The molecular weight excluding hydrogens is 351 g/mol. The third-order valence-corrected chi connectivity index (χ3v) is 3.94. The summed E-state index contributed by atoms with van der Waals surface area (Å²) in [7, 11) is 1.51. The highest BCUT2D eigenvalue weighted by molar-refractivity contribution is 6.10. The van der Waals surface area contributed by atoms with Crippen LogP contribution in [-0.2, 0) is 9.59 Å².